The minimum absolute atomic E-state index is 0.0593. The average molecular weight is 450 g/mol. The molecule has 0 saturated heterocycles. The van der Waals surface area contributed by atoms with Crippen molar-refractivity contribution >= 4 is 22.5 Å². The lowest BCUT2D eigenvalue weighted by atomic mass is 10.0. The van der Waals surface area contributed by atoms with E-state index in [1.807, 2.05) is 91.3 Å². The highest BCUT2D eigenvalue weighted by atomic mass is 16.2. The van der Waals surface area contributed by atoms with E-state index < -0.39 is 0 Å². The highest BCUT2D eigenvalue weighted by Crippen LogP contribution is 2.28. The molecule has 0 aliphatic heterocycles. The molecule has 5 aromatic rings. The van der Waals surface area contributed by atoms with Crippen molar-refractivity contribution in [3.63, 3.8) is 0 Å². The molecule has 5 rings (SSSR count). The molecule has 0 spiro atoms. The number of hydrogen-bond acceptors (Lipinski definition) is 4. The fraction of sp³-hybridized carbons (Fsp3) is 0.214. The van der Waals surface area contributed by atoms with Crippen LogP contribution in [0.4, 0.5) is 0 Å². The Labute approximate surface area is 198 Å². The third-order valence-electron chi connectivity index (χ3n) is 6.47. The molecule has 6 heteroatoms. The van der Waals surface area contributed by atoms with Crippen LogP contribution in [0.15, 0.2) is 79.0 Å². The van der Waals surface area contributed by atoms with Crippen molar-refractivity contribution in [2.24, 2.45) is 0 Å². The summed E-state index contributed by atoms with van der Waals surface area (Å²) in [5.74, 6) is 0.0593. The lowest BCUT2D eigenvalue weighted by Gasteiger charge is -2.28. The lowest BCUT2D eigenvalue weighted by Crippen LogP contribution is -2.32. The summed E-state index contributed by atoms with van der Waals surface area (Å²) >= 11 is 0. The molecule has 0 aliphatic carbocycles. The minimum atomic E-state index is -0.242. The normalized spacial score (nSPS) is 12.2. The maximum atomic E-state index is 13.4. The van der Waals surface area contributed by atoms with E-state index in [1.54, 1.807) is 11.1 Å². The van der Waals surface area contributed by atoms with Crippen LogP contribution in [0.3, 0.4) is 0 Å². The van der Waals surface area contributed by atoms with Gasteiger partial charge in [0.2, 0.25) is 5.91 Å². The van der Waals surface area contributed by atoms with Crippen LogP contribution < -0.4 is 0 Å². The van der Waals surface area contributed by atoms with Gasteiger partial charge < -0.3 is 4.90 Å². The Kier molecular flexibility index (Phi) is 5.80. The van der Waals surface area contributed by atoms with Crippen LogP contribution in [0.5, 0.6) is 0 Å². The van der Waals surface area contributed by atoms with E-state index >= 15 is 0 Å². The number of amides is 1. The second-order valence-electron chi connectivity index (χ2n) is 8.59. The number of aryl methyl sites for hydroxylation is 2. The molecule has 0 saturated carbocycles. The van der Waals surface area contributed by atoms with Gasteiger partial charge >= 0.3 is 0 Å². The standard InChI is InChI=1S/C28H27N5O/c1-19-22(20(2)33-28(30-19)23-13-7-8-14-24(23)31-33)16-17-26(34)32(3)27(21-11-5-4-6-12-21)25-15-9-10-18-29-25/h4-15,18,27H,16-17H2,1-3H3. The molecule has 0 N–H and O–H groups in total. The summed E-state index contributed by atoms with van der Waals surface area (Å²) in [6.07, 6.45) is 2.75. The minimum Gasteiger partial charge on any atom is -0.333 e. The van der Waals surface area contributed by atoms with E-state index in [0.29, 0.717) is 12.8 Å². The zero-order valence-electron chi connectivity index (χ0n) is 19.6. The maximum absolute atomic E-state index is 13.4. The summed E-state index contributed by atoms with van der Waals surface area (Å²) in [7, 11) is 1.86. The van der Waals surface area contributed by atoms with E-state index in [-0.39, 0.29) is 11.9 Å². The lowest BCUT2D eigenvalue weighted by molar-refractivity contribution is -0.131. The molecular weight excluding hydrogens is 422 g/mol. The highest BCUT2D eigenvalue weighted by molar-refractivity contribution is 5.92. The topological polar surface area (TPSA) is 63.4 Å². The number of pyridine rings is 1. The average Bonchev–Trinajstić information content (AvgIpc) is 3.24. The molecule has 2 aromatic carbocycles. The van der Waals surface area contributed by atoms with Gasteiger partial charge in [-0.25, -0.2) is 9.50 Å². The molecule has 1 amide bonds. The van der Waals surface area contributed by atoms with Crippen LogP contribution >= 0.6 is 0 Å². The van der Waals surface area contributed by atoms with Gasteiger partial charge in [0.25, 0.3) is 0 Å². The van der Waals surface area contributed by atoms with Crippen molar-refractivity contribution in [3.05, 3.63) is 107 Å². The van der Waals surface area contributed by atoms with E-state index in [0.717, 1.165) is 44.8 Å². The molecule has 0 radical (unpaired) electrons. The number of hydrogen-bond donors (Lipinski definition) is 0. The number of aromatic nitrogens is 4. The summed E-state index contributed by atoms with van der Waals surface area (Å²) in [6, 6.07) is 23.6. The molecule has 3 heterocycles. The molecule has 0 aliphatic rings. The summed E-state index contributed by atoms with van der Waals surface area (Å²) < 4.78 is 1.90. The number of benzene rings is 2. The number of nitrogens with zero attached hydrogens (tertiary/aromatic N) is 5. The fourth-order valence-electron chi connectivity index (χ4n) is 4.66. The molecular formula is C28H27N5O. The first-order valence-corrected chi connectivity index (χ1v) is 11.5. The van der Waals surface area contributed by atoms with Gasteiger partial charge in [0, 0.05) is 36.4 Å². The number of carbonyl (C=O) groups excluding carboxylic acids is 1. The van der Waals surface area contributed by atoms with Crippen molar-refractivity contribution in [1.82, 2.24) is 24.5 Å². The first-order chi connectivity index (χ1) is 16.5. The Morgan fingerprint density at radius 3 is 2.47 bits per heavy atom. The quantitative estimate of drug-likeness (QED) is 0.363. The largest absolute Gasteiger partial charge is 0.333 e. The molecule has 1 atom stereocenters. The van der Waals surface area contributed by atoms with Gasteiger partial charge in [-0.1, -0.05) is 48.5 Å². The Bertz CT molecular complexity index is 1420. The van der Waals surface area contributed by atoms with Crippen molar-refractivity contribution in [2.75, 3.05) is 7.05 Å². The number of carbonyl (C=O) groups is 1. The summed E-state index contributed by atoms with van der Waals surface area (Å²) in [6.45, 7) is 4.07. The van der Waals surface area contributed by atoms with Crippen molar-refractivity contribution in [3.8, 4) is 0 Å². The van der Waals surface area contributed by atoms with Gasteiger partial charge in [-0.15, -0.1) is 0 Å². The second-order valence-corrected chi connectivity index (χ2v) is 8.59. The van der Waals surface area contributed by atoms with Gasteiger partial charge in [-0.2, -0.15) is 5.10 Å². The van der Waals surface area contributed by atoms with Gasteiger partial charge in [0.1, 0.15) is 0 Å². The van der Waals surface area contributed by atoms with Crippen LogP contribution in [0.2, 0.25) is 0 Å². The Balaban J connectivity index is 1.42. The SMILES string of the molecule is Cc1nc2c3ccccc3nn2c(C)c1CCC(=O)N(C)C(c1ccccc1)c1ccccn1. The third kappa shape index (κ3) is 3.92. The Morgan fingerprint density at radius 2 is 1.71 bits per heavy atom. The van der Waals surface area contributed by atoms with E-state index in [1.165, 1.54) is 0 Å². The number of fused-ring (bicyclic) bond motifs is 3. The van der Waals surface area contributed by atoms with E-state index in [9.17, 15) is 4.79 Å². The molecule has 170 valence electrons. The van der Waals surface area contributed by atoms with Gasteiger partial charge in [-0.05, 0) is 55.7 Å². The van der Waals surface area contributed by atoms with Gasteiger partial charge in [0.05, 0.1) is 17.3 Å². The summed E-state index contributed by atoms with van der Waals surface area (Å²) in [4.78, 5) is 24.6. The maximum Gasteiger partial charge on any atom is 0.223 e. The molecule has 34 heavy (non-hydrogen) atoms. The molecule has 3 aromatic heterocycles. The second kappa shape index (κ2) is 9.06. The van der Waals surface area contributed by atoms with Crippen LogP contribution in [-0.4, -0.2) is 37.4 Å². The van der Waals surface area contributed by atoms with Gasteiger partial charge in [-0.3, -0.25) is 9.78 Å². The predicted molar refractivity (Wildman–Crippen MR) is 134 cm³/mol. The van der Waals surface area contributed by atoms with Crippen LogP contribution in [-0.2, 0) is 11.2 Å². The summed E-state index contributed by atoms with van der Waals surface area (Å²) in [5, 5.41) is 5.78. The van der Waals surface area contributed by atoms with Crippen LogP contribution in [0.25, 0.3) is 16.6 Å². The van der Waals surface area contributed by atoms with Crippen molar-refractivity contribution in [1.29, 1.82) is 0 Å². The molecule has 0 bridgehead atoms. The Hall–Kier alpha value is -4.06. The third-order valence-corrected chi connectivity index (χ3v) is 6.47. The zero-order chi connectivity index (χ0) is 23.7. The van der Waals surface area contributed by atoms with Crippen LogP contribution in [0, 0.1) is 13.8 Å². The molecule has 0 fully saturated rings. The molecule has 1 unspecified atom stereocenters. The first kappa shape index (κ1) is 21.8. The van der Waals surface area contributed by atoms with E-state index in [4.69, 9.17) is 10.1 Å². The van der Waals surface area contributed by atoms with Crippen molar-refractivity contribution < 1.29 is 4.79 Å². The van der Waals surface area contributed by atoms with E-state index in [2.05, 4.69) is 11.9 Å². The predicted octanol–water partition coefficient (Wildman–Crippen LogP) is 5.07. The highest BCUT2D eigenvalue weighted by Gasteiger charge is 2.25. The fourth-order valence-corrected chi connectivity index (χ4v) is 4.66. The van der Waals surface area contributed by atoms with Crippen molar-refractivity contribution in [2.45, 2.75) is 32.7 Å². The zero-order valence-corrected chi connectivity index (χ0v) is 19.6. The van der Waals surface area contributed by atoms with Crippen LogP contribution in [0.1, 0.15) is 40.7 Å². The summed E-state index contributed by atoms with van der Waals surface area (Å²) in [5.41, 5.74) is 6.70. The molecule has 6 nitrogen and oxygen atoms in total. The smallest absolute Gasteiger partial charge is 0.223 e. The van der Waals surface area contributed by atoms with Gasteiger partial charge in [0.15, 0.2) is 5.65 Å². The monoisotopic (exact) mass is 449 g/mol. The number of rotatable bonds is 6. The Morgan fingerprint density at radius 1 is 0.971 bits per heavy atom. The first-order valence-electron chi connectivity index (χ1n) is 11.5.